The molecule has 6 rings (SSSR count). The van der Waals surface area contributed by atoms with Gasteiger partial charge >= 0.3 is 0 Å². The van der Waals surface area contributed by atoms with E-state index in [1.807, 2.05) is 10.6 Å². The molecule has 9 nitrogen and oxygen atoms in total. The topological polar surface area (TPSA) is 109 Å². The van der Waals surface area contributed by atoms with Gasteiger partial charge in [-0.15, -0.1) is 0 Å². The van der Waals surface area contributed by atoms with Crippen LogP contribution in [0.4, 0.5) is 20.5 Å². The molecular weight excluding hydrogens is 468 g/mol. The van der Waals surface area contributed by atoms with Gasteiger partial charge in [-0.25, -0.2) is 28.7 Å². The number of pyridine rings is 1. The lowest BCUT2D eigenvalue weighted by Gasteiger charge is -2.28. The van der Waals surface area contributed by atoms with Crippen molar-refractivity contribution in [3.05, 3.63) is 59.2 Å². The van der Waals surface area contributed by atoms with Crippen LogP contribution in [0.15, 0.2) is 30.5 Å². The second-order valence-corrected chi connectivity index (χ2v) is 9.00. The van der Waals surface area contributed by atoms with Gasteiger partial charge < -0.3 is 19.9 Å². The van der Waals surface area contributed by atoms with Gasteiger partial charge in [0.05, 0.1) is 11.7 Å². The van der Waals surface area contributed by atoms with E-state index in [1.165, 1.54) is 6.07 Å². The molecule has 0 aliphatic carbocycles. The van der Waals surface area contributed by atoms with Crippen molar-refractivity contribution < 1.29 is 18.7 Å². The molecular formula is C25H23F2N7O2. The second kappa shape index (κ2) is 8.90. The van der Waals surface area contributed by atoms with Crippen LogP contribution in [-0.4, -0.2) is 53.6 Å². The number of amides is 1. The molecule has 184 valence electrons. The van der Waals surface area contributed by atoms with Crippen molar-refractivity contribution in [1.29, 1.82) is 0 Å². The molecule has 5 heterocycles. The van der Waals surface area contributed by atoms with Crippen LogP contribution in [0, 0.1) is 11.6 Å². The molecule has 0 saturated carbocycles. The number of nitrogens with zero attached hydrogens (tertiary/aromatic N) is 6. The largest absolute Gasteiger partial charge is 0.387 e. The van der Waals surface area contributed by atoms with E-state index in [9.17, 15) is 13.6 Å². The number of nitrogens with one attached hydrogen (secondary N) is 1. The van der Waals surface area contributed by atoms with Crippen molar-refractivity contribution in [2.75, 3.05) is 18.5 Å². The number of aromatic nitrogens is 5. The summed E-state index contributed by atoms with van der Waals surface area (Å²) in [4.78, 5) is 30.8. The highest BCUT2D eigenvalue weighted by molar-refractivity contribution is 5.83. The number of anilines is 2. The maximum Gasteiger partial charge on any atom is 0.248 e. The lowest BCUT2D eigenvalue weighted by Crippen LogP contribution is -2.37. The Balaban J connectivity index is 1.30. The van der Waals surface area contributed by atoms with Gasteiger partial charge in [0.25, 0.3) is 0 Å². The highest BCUT2D eigenvalue weighted by Gasteiger charge is 2.22. The normalized spacial score (nSPS) is 15.0. The Morgan fingerprint density at radius 3 is 2.81 bits per heavy atom. The number of carbonyl (C=O) groups is 1. The highest BCUT2D eigenvalue weighted by atomic mass is 19.1. The molecule has 36 heavy (non-hydrogen) atoms. The molecule has 2 aliphatic rings. The van der Waals surface area contributed by atoms with E-state index in [1.54, 1.807) is 17.0 Å². The summed E-state index contributed by atoms with van der Waals surface area (Å²) >= 11 is 0. The fourth-order valence-electron chi connectivity index (χ4n) is 4.90. The third-order valence-corrected chi connectivity index (χ3v) is 6.71. The van der Waals surface area contributed by atoms with Gasteiger partial charge in [0, 0.05) is 43.7 Å². The molecule has 0 spiro atoms. The third kappa shape index (κ3) is 3.95. The zero-order valence-electron chi connectivity index (χ0n) is 19.3. The molecule has 0 bridgehead atoms. The first-order chi connectivity index (χ1) is 17.5. The Morgan fingerprint density at radius 2 is 1.94 bits per heavy atom. The first kappa shape index (κ1) is 22.5. The lowest BCUT2D eigenvalue weighted by molar-refractivity contribution is -0.135. The Morgan fingerprint density at radius 1 is 1.06 bits per heavy atom. The van der Waals surface area contributed by atoms with E-state index in [4.69, 9.17) is 5.11 Å². The molecule has 3 aromatic heterocycles. The summed E-state index contributed by atoms with van der Waals surface area (Å²) in [6.07, 6.45) is 4.40. The summed E-state index contributed by atoms with van der Waals surface area (Å²) in [5, 5.41) is 12.1. The predicted molar refractivity (Wildman–Crippen MR) is 127 cm³/mol. The summed E-state index contributed by atoms with van der Waals surface area (Å²) in [7, 11) is 0. The van der Waals surface area contributed by atoms with E-state index in [-0.39, 0.29) is 17.5 Å². The maximum atomic E-state index is 15.0. The number of rotatable bonds is 4. The fraction of sp³-hybridized carbons (Fsp3) is 0.320. The van der Waals surface area contributed by atoms with Crippen LogP contribution in [0.25, 0.3) is 22.3 Å². The molecule has 0 atom stereocenters. The summed E-state index contributed by atoms with van der Waals surface area (Å²) in [5.74, 6) is -0.0460. The smallest absolute Gasteiger partial charge is 0.248 e. The molecule has 4 aromatic rings. The number of imidazole rings is 1. The zero-order valence-corrected chi connectivity index (χ0v) is 19.3. The molecule has 0 radical (unpaired) electrons. The number of hydrogen-bond donors (Lipinski definition) is 2. The number of benzene rings is 1. The molecule has 0 saturated heterocycles. The molecule has 2 N–H and O–H groups in total. The number of fused-ring (bicyclic) bond motifs is 4. The molecule has 2 aliphatic heterocycles. The van der Waals surface area contributed by atoms with Crippen molar-refractivity contribution in [1.82, 2.24) is 29.4 Å². The van der Waals surface area contributed by atoms with Crippen LogP contribution < -0.4 is 5.32 Å². The Bertz CT molecular complexity index is 1500. The quantitative estimate of drug-likeness (QED) is 0.452. The minimum absolute atomic E-state index is 0.0178. The first-order valence-electron chi connectivity index (χ1n) is 11.9. The number of carbonyl (C=O) groups excluding carboxylic acids is 1. The number of halogens is 2. The van der Waals surface area contributed by atoms with Gasteiger partial charge in [-0.05, 0) is 36.6 Å². The Hall–Kier alpha value is -3.99. The van der Waals surface area contributed by atoms with Crippen molar-refractivity contribution in [3.63, 3.8) is 0 Å². The van der Waals surface area contributed by atoms with Crippen LogP contribution >= 0.6 is 0 Å². The average Bonchev–Trinajstić information content (AvgIpc) is 3.28. The van der Waals surface area contributed by atoms with Crippen molar-refractivity contribution in [2.45, 2.75) is 38.8 Å². The molecule has 1 amide bonds. The minimum Gasteiger partial charge on any atom is -0.387 e. The summed E-state index contributed by atoms with van der Waals surface area (Å²) in [6, 6.07) is 6.56. The van der Waals surface area contributed by atoms with Gasteiger partial charge in [-0.2, -0.15) is 0 Å². The number of hydrogen-bond acceptors (Lipinski definition) is 7. The Kier molecular flexibility index (Phi) is 5.56. The van der Waals surface area contributed by atoms with E-state index < -0.39 is 18.2 Å². The average molecular weight is 492 g/mol. The number of aliphatic hydroxyl groups excluding tert-OH is 1. The molecule has 0 unspecified atom stereocenters. The number of aryl methyl sites for hydroxylation is 2. The molecule has 1 aromatic carbocycles. The number of aliphatic hydroxyl groups is 1. The van der Waals surface area contributed by atoms with Crippen LogP contribution in [0.3, 0.4) is 0 Å². The van der Waals surface area contributed by atoms with E-state index in [0.29, 0.717) is 41.9 Å². The predicted octanol–water partition coefficient (Wildman–Crippen LogP) is 3.12. The third-order valence-electron chi connectivity index (χ3n) is 6.71. The summed E-state index contributed by atoms with van der Waals surface area (Å²) in [5.41, 5.74) is 2.93. The fourth-order valence-corrected chi connectivity index (χ4v) is 4.90. The molecule has 11 heteroatoms. The van der Waals surface area contributed by atoms with Gasteiger partial charge in [-0.1, -0.05) is 6.07 Å². The van der Waals surface area contributed by atoms with Crippen LogP contribution in [0.2, 0.25) is 0 Å². The van der Waals surface area contributed by atoms with Gasteiger partial charge in [0.1, 0.15) is 29.5 Å². The molecule has 0 fully saturated rings. The highest BCUT2D eigenvalue weighted by Crippen LogP contribution is 2.31. The van der Waals surface area contributed by atoms with Crippen LogP contribution in [-0.2, 0) is 30.7 Å². The monoisotopic (exact) mass is 491 g/mol. The SMILES string of the molecule is O=C(CO)N1CCc2nc(Nc3ncc(F)c(-c4cc(F)c5nc6n(c5c4)CCCC6)n3)ccc2C1. The Labute approximate surface area is 204 Å². The van der Waals surface area contributed by atoms with Crippen LogP contribution in [0.1, 0.15) is 29.9 Å². The van der Waals surface area contributed by atoms with E-state index in [2.05, 4.69) is 25.3 Å². The van der Waals surface area contributed by atoms with Crippen molar-refractivity contribution in [3.8, 4) is 11.3 Å². The van der Waals surface area contributed by atoms with Crippen molar-refractivity contribution >= 4 is 28.7 Å². The van der Waals surface area contributed by atoms with Gasteiger partial charge in [0.15, 0.2) is 11.6 Å². The zero-order chi connectivity index (χ0) is 24.8. The summed E-state index contributed by atoms with van der Waals surface area (Å²) in [6.45, 7) is 1.08. The van der Waals surface area contributed by atoms with E-state index >= 15 is 0 Å². The lowest BCUT2D eigenvalue weighted by atomic mass is 10.1. The maximum absolute atomic E-state index is 15.0. The van der Waals surface area contributed by atoms with E-state index in [0.717, 1.165) is 49.1 Å². The van der Waals surface area contributed by atoms with Gasteiger partial charge in [-0.3, -0.25) is 4.79 Å². The first-order valence-corrected chi connectivity index (χ1v) is 11.9. The van der Waals surface area contributed by atoms with Crippen LogP contribution in [0.5, 0.6) is 0 Å². The minimum atomic E-state index is -0.662. The summed E-state index contributed by atoms with van der Waals surface area (Å²) < 4.78 is 31.7. The second-order valence-electron chi connectivity index (χ2n) is 9.00. The van der Waals surface area contributed by atoms with Gasteiger partial charge in [0.2, 0.25) is 11.9 Å². The standard InChI is InChI=1S/C25H23F2N7O2/c26-16-9-15(10-19-24(16)31-21-3-1-2-7-34(19)21)23-17(27)11-28-25(32-23)30-20-5-4-14-12-33(22(36)13-35)8-6-18(14)29-20/h4-5,9-11,35H,1-3,6-8,12-13H2,(H,28,29,30,32). The van der Waals surface area contributed by atoms with Crippen molar-refractivity contribution in [2.24, 2.45) is 0 Å².